The lowest BCUT2D eigenvalue weighted by Gasteiger charge is -2.36. The summed E-state index contributed by atoms with van der Waals surface area (Å²) in [6, 6.07) is 0. The average Bonchev–Trinajstić information content (AvgIpc) is 3.91. The molecule has 0 bridgehead atoms. The SMILES string of the molecule is CCCCC/C=C\C/C=C\C/C=C\C/C=C\C/C=C\CCCCC(=O)CC(=O)SCCNC(=O)CCNC(=O)[C@H](O)C(C)(C)COP(=O)([O-])OP(=O)([O-])OC[C@H]1O[C@@H](n2cnc3c(N)ncnc32)[C@H](O)[C@@H]1OP(=O)([O-])[O-]. The van der Waals surface area contributed by atoms with Crippen LogP contribution in [0.25, 0.3) is 11.2 Å². The number of nitrogen functional groups attached to an aromatic ring is 1. The van der Waals surface area contributed by atoms with Crippen LogP contribution in [-0.2, 0) is 55.5 Å². The first-order valence-corrected chi connectivity index (χ1v) is 30.1. The zero-order valence-electron chi connectivity index (χ0n) is 42.8. The third-order valence-electron chi connectivity index (χ3n) is 11.1. The number of imidazole rings is 1. The van der Waals surface area contributed by atoms with Gasteiger partial charge in [0.05, 0.1) is 33.8 Å². The number of carbonyl (C=O) groups excluding carboxylic acids is 4. The monoisotopic (exact) mass is 1150 g/mol. The van der Waals surface area contributed by atoms with Crippen LogP contribution in [0, 0.1) is 5.41 Å². The normalized spacial score (nSPS) is 19.6. The highest BCUT2D eigenvalue weighted by molar-refractivity contribution is 8.13. The summed E-state index contributed by atoms with van der Waals surface area (Å²) in [6.07, 6.45) is 24.8. The van der Waals surface area contributed by atoms with E-state index in [9.17, 15) is 62.7 Å². The van der Waals surface area contributed by atoms with Crippen molar-refractivity contribution in [2.24, 2.45) is 5.41 Å². The number of allylic oxidation sites excluding steroid dienone is 10. The Bertz CT molecular complexity index is 2470. The van der Waals surface area contributed by atoms with Gasteiger partial charge in [-0.25, -0.2) is 19.3 Å². The lowest BCUT2D eigenvalue weighted by Crippen LogP contribution is -2.46. The molecule has 7 atom stereocenters. The molecule has 1 fully saturated rings. The third kappa shape index (κ3) is 26.1. The number of aliphatic hydroxyl groups is 2. The Morgan fingerprint density at radius 3 is 2.04 bits per heavy atom. The first kappa shape index (κ1) is 66.2. The highest BCUT2D eigenvalue weighted by Gasteiger charge is 2.47. The molecule has 0 saturated carbocycles. The maximum atomic E-state index is 12.7. The fourth-order valence-corrected chi connectivity index (χ4v) is 10.4. The predicted octanol–water partition coefficient (Wildman–Crippen LogP) is 3.58. The maximum Gasteiger partial charge on any atom is 0.274 e. The van der Waals surface area contributed by atoms with E-state index in [-0.39, 0.29) is 59.6 Å². The van der Waals surface area contributed by atoms with Crippen molar-refractivity contribution in [3.8, 4) is 0 Å². The van der Waals surface area contributed by atoms with Crippen molar-refractivity contribution in [3.05, 3.63) is 73.4 Å². The van der Waals surface area contributed by atoms with E-state index in [0.717, 1.165) is 73.9 Å². The summed E-state index contributed by atoms with van der Waals surface area (Å²) >= 11 is 0.907. The van der Waals surface area contributed by atoms with E-state index in [1.165, 1.54) is 33.1 Å². The molecule has 2 aromatic heterocycles. The lowest BCUT2D eigenvalue weighted by molar-refractivity contribution is -0.347. The molecular formula is C47H70N7O18P3S-4. The standard InChI is InChI=1S/C47H74N7O18P3S/c1-4-5-6-7-8-9-10-11-12-13-14-15-16-17-18-19-20-21-22-23-24-25-35(55)30-38(57)76-29-28-49-37(56)26-27-50-45(60)42(59)47(2,3)32-69-75(66,67)72-74(64,65)68-31-36-41(71-73(61,62)63)40(58)46(70-36)54-34-53-39-43(48)51-33-52-44(39)54/h8-9,11-12,14-15,17-18,20-21,33-34,36,40-42,46,58-59H,4-7,10,13,16,19,22-32H2,1-3H3,(H,49,56)(H,50,60)(H,64,65)(H,66,67)(H2,48,51,52)(H2,61,62,63)/p-4/b9-8-,12-11-,15-14-,18-17-,21-20-/t36-,40-,41-,42+,46-/m1/s1. The van der Waals surface area contributed by atoms with E-state index in [2.05, 4.69) is 111 Å². The number of hydrogen-bond acceptors (Lipinski definition) is 23. The molecule has 3 rings (SSSR count). The number of hydrogen-bond donors (Lipinski definition) is 5. The topological polar surface area (TPSA) is 392 Å². The van der Waals surface area contributed by atoms with Gasteiger partial charge in [-0.3, -0.25) is 32.9 Å². The second-order valence-corrected chi connectivity index (χ2v) is 23.2. The van der Waals surface area contributed by atoms with Crippen molar-refractivity contribution in [1.29, 1.82) is 0 Å². The second kappa shape index (κ2) is 34.0. The number of nitrogens with one attached hydrogen (secondary N) is 2. The fraction of sp³-hybridized carbons (Fsp3) is 0.596. The molecule has 426 valence electrons. The number of amides is 2. The highest BCUT2D eigenvalue weighted by Crippen LogP contribution is 2.56. The molecule has 2 amide bonds. The lowest BCUT2D eigenvalue weighted by atomic mass is 9.87. The molecule has 2 unspecified atom stereocenters. The molecule has 0 spiro atoms. The average molecular weight is 1150 g/mol. The fourth-order valence-electron chi connectivity index (χ4n) is 6.99. The summed E-state index contributed by atoms with van der Waals surface area (Å²) in [4.78, 5) is 109. The minimum absolute atomic E-state index is 0.0284. The van der Waals surface area contributed by atoms with E-state index < -0.39 is 84.6 Å². The van der Waals surface area contributed by atoms with E-state index in [4.69, 9.17) is 10.5 Å². The molecule has 2 aromatic rings. The van der Waals surface area contributed by atoms with Crippen LogP contribution < -0.4 is 35.9 Å². The van der Waals surface area contributed by atoms with Crippen molar-refractivity contribution in [1.82, 2.24) is 30.2 Å². The highest BCUT2D eigenvalue weighted by atomic mass is 32.2. The number of nitrogens with zero attached hydrogens (tertiary/aromatic N) is 4. The molecule has 1 aliphatic heterocycles. The van der Waals surface area contributed by atoms with Crippen LogP contribution in [-0.4, -0.2) is 109 Å². The first-order chi connectivity index (χ1) is 35.9. The number of anilines is 1. The van der Waals surface area contributed by atoms with Gasteiger partial charge >= 0.3 is 0 Å². The Labute approximate surface area is 446 Å². The van der Waals surface area contributed by atoms with Gasteiger partial charge < -0.3 is 69.0 Å². The molecule has 1 aliphatic rings. The van der Waals surface area contributed by atoms with Crippen LogP contribution in [0.2, 0.25) is 0 Å². The van der Waals surface area contributed by atoms with Gasteiger partial charge in [0.25, 0.3) is 15.6 Å². The number of aromatic nitrogens is 4. The molecule has 6 N–H and O–H groups in total. The van der Waals surface area contributed by atoms with Gasteiger partial charge in [0, 0.05) is 37.1 Å². The third-order valence-corrected chi connectivity index (χ3v) is 14.9. The van der Waals surface area contributed by atoms with Gasteiger partial charge in [0.1, 0.15) is 42.0 Å². The Hall–Kier alpha value is -4.07. The molecular weight excluding hydrogens is 1080 g/mol. The van der Waals surface area contributed by atoms with Gasteiger partial charge in [-0.05, 0) is 57.8 Å². The molecule has 29 heteroatoms. The van der Waals surface area contributed by atoms with Crippen LogP contribution in [0.15, 0.2) is 73.4 Å². The summed E-state index contributed by atoms with van der Waals surface area (Å²) in [6.45, 7) is 2.11. The maximum absolute atomic E-state index is 12.7. The minimum Gasteiger partial charge on any atom is -0.790 e. The van der Waals surface area contributed by atoms with Crippen molar-refractivity contribution >= 4 is 74.9 Å². The molecule has 1 saturated heterocycles. The number of fused-ring (bicyclic) bond motifs is 1. The van der Waals surface area contributed by atoms with E-state index in [1.807, 2.05) is 0 Å². The summed E-state index contributed by atoms with van der Waals surface area (Å²) in [5.74, 6) is -1.60. The number of rotatable bonds is 38. The molecule has 0 aromatic carbocycles. The molecule has 0 aliphatic carbocycles. The number of carbonyl (C=O) groups is 4. The molecule has 25 nitrogen and oxygen atoms in total. The van der Waals surface area contributed by atoms with E-state index in [0.29, 0.717) is 12.8 Å². The smallest absolute Gasteiger partial charge is 0.274 e. The van der Waals surface area contributed by atoms with Crippen LogP contribution in [0.5, 0.6) is 0 Å². The first-order valence-electron chi connectivity index (χ1n) is 24.7. The van der Waals surface area contributed by atoms with Crippen LogP contribution in [0.4, 0.5) is 5.82 Å². The van der Waals surface area contributed by atoms with Gasteiger partial charge in [0.15, 0.2) is 22.8 Å². The van der Waals surface area contributed by atoms with Crippen molar-refractivity contribution < 1.29 is 85.3 Å². The van der Waals surface area contributed by atoms with Gasteiger partial charge in [-0.15, -0.1) is 0 Å². The van der Waals surface area contributed by atoms with Crippen LogP contribution >= 0.6 is 35.2 Å². The Balaban J connectivity index is 1.26. The minimum atomic E-state index is -5.94. The van der Waals surface area contributed by atoms with Crippen molar-refractivity contribution in [3.63, 3.8) is 0 Å². The van der Waals surface area contributed by atoms with Gasteiger partial charge in [-0.1, -0.05) is 106 Å². The van der Waals surface area contributed by atoms with Crippen LogP contribution in [0.1, 0.15) is 117 Å². The number of phosphoric acid groups is 3. The number of unbranched alkanes of at least 4 members (excludes halogenated alkanes) is 5. The summed E-state index contributed by atoms with van der Waals surface area (Å²) in [5, 5.41) is 26.0. The van der Waals surface area contributed by atoms with Crippen LogP contribution in [0.3, 0.4) is 0 Å². The number of ether oxygens (including phenoxy) is 1. The molecule has 76 heavy (non-hydrogen) atoms. The zero-order valence-corrected chi connectivity index (χ0v) is 46.3. The molecule has 3 heterocycles. The number of ketones is 1. The number of nitrogens with two attached hydrogens (primary N) is 1. The number of aliphatic hydroxyl groups excluding tert-OH is 2. The Morgan fingerprint density at radius 1 is 0.842 bits per heavy atom. The largest absolute Gasteiger partial charge is 0.790 e. The Kier molecular flexibility index (Phi) is 29.7. The number of phosphoric ester groups is 3. The van der Waals surface area contributed by atoms with E-state index in [1.54, 1.807) is 0 Å². The zero-order chi connectivity index (χ0) is 56.2. The van der Waals surface area contributed by atoms with Gasteiger partial charge in [-0.2, -0.15) is 0 Å². The van der Waals surface area contributed by atoms with Crippen molar-refractivity contribution in [2.75, 3.05) is 37.8 Å². The summed E-state index contributed by atoms with van der Waals surface area (Å²) in [7, 11) is -17.7. The predicted molar refractivity (Wildman–Crippen MR) is 275 cm³/mol. The van der Waals surface area contributed by atoms with Gasteiger partial charge in [0.2, 0.25) is 11.8 Å². The van der Waals surface area contributed by atoms with Crippen molar-refractivity contribution in [2.45, 2.75) is 141 Å². The van der Waals surface area contributed by atoms with E-state index >= 15 is 0 Å². The molecule has 0 radical (unpaired) electrons. The Morgan fingerprint density at radius 2 is 1.43 bits per heavy atom. The number of Topliss-reactive ketones (excluding diaryl/α,β-unsaturated/α-hetero) is 1. The number of thioether (sulfide) groups is 1. The summed E-state index contributed by atoms with van der Waals surface area (Å²) < 4.78 is 60.9. The second-order valence-electron chi connectivity index (χ2n) is 18.0. The summed E-state index contributed by atoms with van der Waals surface area (Å²) in [5.41, 5.74) is 4.04. The quantitative estimate of drug-likeness (QED) is 0.0277.